The van der Waals surface area contributed by atoms with E-state index in [1.165, 1.54) is 47.8 Å². The Kier molecular flexibility index (Phi) is 11.9. The van der Waals surface area contributed by atoms with E-state index >= 15 is 0 Å². The van der Waals surface area contributed by atoms with Gasteiger partial charge in [-0.25, -0.2) is 0 Å². The normalized spacial score (nSPS) is 23.7. The van der Waals surface area contributed by atoms with Crippen molar-refractivity contribution in [2.24, 2.45) is 10.8 Å². The van der Waals surface area contributed by atoms with Crippen LogP contribution in [0.2, 0.25) is 18.5 Å². The summed E-state index contributed by atoms with van der Waals surface area (Å²) in [5, 5.41) is 0. The van der Waals surface area contributed by atoms with E-state index in [2.05, 4.69) is 118 Å². The first kappa shape index (κ1) is 42.3. The molecule has 4 aliphatic rings. The van der Waals surface area contributed by atoms with Gasteiger partial charge in [-0.1, -0.05) is 38.8 Å². The summed E-state index contributed by atoms with van der Waals surface area (Å²) >= 11 is -2.80. The Morgan fingerprint density at radius 2 is 1.16 bits per heavy atom. The second kappa shape index (κ2) is 12.3. The summed E-state index contributed by atoms with van der Waals surface area (Å²) in [6, 6.07) is 8.60. The summed E-state index contributed by atoms with van der Waals surface area (Å²) in [5.41, 5.74) is 15.4. The van der Waals surface area contributed by atoms with Crippen LogP contribution in [0.4, 0.5) is 0 Å². The van der Waals surface area contributed by atoms with E-state index in [1.807, 2.05) is 24.6 Å². The molecule has 0 fully saturated rings. The summed E-state index contributed by atoms with van der Waals surface area (Å²) in [5.74, 6) is 0. The molecule has 0 amide bonds. The summed E-state index contributed by atoms with van der Waals surface area (Å²) < 4.78 is 10.1. The first-order valence-electron chi connectivity index (χ1n) is 15.5. The van der Waals surface area contributed by atoms with Gasteiger partial charge in [-0.2, -0.15) is 0 Å². The van der Waals surface area contributed by atoms with Crippen molar-refractivity contribution in [1.82, 2.24) is 0 Å². The summed E-state index contributed by atoms with van der Waals surface area (Å²) in [7, 11) is 13.5. The number of hydrogen-bond donors (Lipinski definition) is 0. The molecule has 0 bridgehead atoms. The zero-order valence-electron chi connectivity index (χ0n) is 29.5. The van der Waals surface area contributed by atoms with E-state index in [-0.39, 0.29) is 35.6 Å². The Morgan fingerprint density at radius 1 is 0.727 bits per heavy atom. The first-order valence-corrected chi connectivity index (χ1v) is 34.3. The third-order valence-corrected chi connectivity index (χ3v) is 23.0. The van der Waals surface area contributed by atoms with Crippen LogP contribution in [0.25, 0.3) is 6.08 Å². The molecule has 6 heteroatoms. The maximum absolute atomic E-state index is 6.75. The van der Waals surface area contributed by atoms with Crippen LogP contribution in [0, 0.1) is 10.8 Å². The summed E-state index contributed by atoms with van der Waals surface area (Å²) in [4.78, 5) is 0. The third-order valence-electron chi connectivity index (χ3n) is 10.5. The number of hydrogen-bond acceptors (Lipinski definition) is 0. The molecule has 1 unspecified atom stereocenters. The average Bonchev–Trinajstić information content (AvgIpc) is 3.60. The van der Waals surface area contributed by atoms with Gasteiger partial charge in [-0.3, -0.25) is 0 Å². The Hall–Kier alpha value is 0.326. The Labute approximate surface area is 299 Å². The van der Waals surface area contributed by atoms with Gasteiger partial charge in [-0.05, 0) is 75.0 Å². The molecular formula is C38H54Cl4Zr2. The molecule has 0 saturated carbocycles. The molecule has 5 rings (SSSR count). The minimum absolute atomic E-state index is 0. The van der Waals surface area contributed by atoms with Crippen molar-refractivity contribution in [2.45, 2.75) is 97.8 Å². The quantitative estimate of drug-likeness (QED) is 0.286. The topological polar surface area (TPSA) is 0 Å². The van der Waals surface area contributed by atoms with Crippen molar-refractivity contribution < 1.29 is 63.0 Å². The van der Waals surface area contributed by atoms with Crippen LogP contribution in [0.15, 0.2) is 96.4 Å². The molecule has 0 saturated heterocycles. The van der Waals surface area contributed by atoms with Crippen LogP contribution in [0.1, 0.15) is 90.4 Å². The number of allylic oxidation sites excluding steroid dienone is 13. The van der Waals surface area contributed by atoms with E-state index in [4.69, 9.17) is 17.0 Å². The summed E-state index contributed by atoms with van der Waals surface area (Å²) in [6.07, 6.45) is 11.6. The molecule has 242 valence electrons. The maximum atomic E-state index is 6.75. The molecule has 1 atom stereocenters. The van der Waals surface area contributed by atoms with Gasteiger partial charge in [0.05, 0.1) is 0 Å². The van der Waals surface area contributed by atoms with E-state index < -0.39 is 13.4 Å². The summed E-state index contributed by atoms with van der Waals surface area (Å²) in [6.45, 7) is 23.3. The molecule has 1 aromatic carbocycles. The van der Waals surface area contributed by atoms with Crippen molar-refractivity contribution in [3.8, 4) is 0 Å². The molecule has 0 N–H and O–H groups in total. The Morgan fingerprint density at radius 3 is 1.45 bits per heavy atom. The molecule has 0 aliphatic heterocycles. The van der Waals surface area contributed by atoms with Gasteiger partial charge in [0, 0.05) is 10.8 Å². The fourth-order valence-corrected chi connectivity index (χ4v) is 14.2. The van der Waals surface area contributed by atoms with Crippen molar-refractivity contribution in [3.05, 3.63) is 108 Å². The van der Waals surface area contributed by atoms with Crippen LogP contribution in [-0.2, 0) is 38.1 Å². The zero-order valence-corrected chi connectivity index (χ0v) is 37.4. The number of rotatable bonds is 2. The molecule has 0 aromatic heterocycles. The van der Waals surface area contributed by atoms with Crippen LogP contribution < -0.4 is 24.8 Å². The van der Waals surface area contributed by atoms with E-state index in [0.29, 0.717) is 3.63 Å². The predicted molar refractivity (Wildman–Crippen MR) is 185 cm³/mol. The second-order valence-corrected chi connectivity index (χ2v) is 72.3. The minimum atomic E-state index is -4.39. The molecule has 0 heterocycles. The zero-order chi connectivity index (χ0) is 32.4. The van der Waals surface area contributed by atoms with Crippen LogP contribution in [-0.4, -0.2) is 0 Å². The Balaban J connectivity index is 0.000000346. The van der Waals surface area contributed by atoms with E-state index in [0.717, 1.165) is 6.42 Å². The SMILES string of the molecule is CC1=C(C)C(C)(C)C(C2=C(C)C(C)=C(C)C2(C)C)=C1C.[CH3][Zr]([CH3])([CH3])([CH3])([Cl])([Cl])[C]1=CC=CC1.[Cl-].[Cl-].[Zr+2][CH]1C=Cc2ccccc21. The van der Waals surface area contributed by atoms with Crippen LogP contribution in [0.5, 0.6) is 0 Å². The van der Waals surface area contributed by atoms with E-state index in [9.17, 15) is 0 Å². The molecule has 0 radical (unpaired) electrons. The van der Waals surface area contributed by atoms with Gasteiger partial charge < -0.3 is 24.8 Å². The fraction of sp³-hybridized carbons (Fsp3) is 0.474. The molecular weight excluding hydrogens is 781 g/mol. The Bertz CT molecular complexity index is 1500. The van der Waals surface area contributed by atoms with Gasteiger partial charge >= 0.3 is 153 Å². The number of fused-ring (bicyclic) bond motifs is 1. The van der Waals surface area contributed by atoms with E-state index in [1.54, 1.807) is 35.9 Å². The standard InChI is InChI=1S/C20H30.C9H7.C5H5.4CH3.4ClH.2Zr/c1-11-13(3)17(19(7,8)15(11)5)18-14(4)12(2)16(6)20(18,9)10;1-2-5-9-7-3-6-8(9)4-1;1-2-4-5-3-1;;;;;;;;;;/h1-10H3;1-7H;1-3H,4H2;4*1H3;4*1H;;/q;;;;;;;;;;;2*+2/p-4. The van der Waals surface area contributed by atoms with Crippen molar-refractivity contribution in [2.75, 3.05) is 0 Å². The second-order valence-electron chi connectivity index (χ2n) is 17.3. The number of halogens is 4. The predicted octanol–water partition coefficient (Wildman–Crippen LogP) is 7.77. The van der Waals surface area contributed by atoms with Crippen LogP contribution >= 0.6 is 17.0 Å². The van der Waals surface area contributed by atoms with Gasteiger partial charge in [0.1, 0.15) is 0 Å². The van der Waals surface area contributed by atoms with Gasteiger partial charge in [0.25, 0.3) is 0 Å². The molecule has 0 nitrogen and oxygen atoms in total. The monoisotopic (exact) mass is 830 g/mol. The average molecular weight is 835 g/mol. The first-order chi connectivity index (χ1) is 18.6. The van der Waals surface area contributed by atoms with Crippen LogP contribution in [0.3, 0.4) is 0 Å². The molecule has 4 aliphatic carbocycles. The fourth-order valence-electron chi connectivity index (χ4n) is 6.77. The molecule has 0 spiro atoms. The van der Waals surface area contributed by atoms with Gasteiger partial charge in [0.15, 0.2) is 0 Å². The van der Waals surface area contributed by atoms with Crippen molar-refractivity contribution >= 4 is 23.1 Å². The van der Waals surface area contributed by atoms with Crippen molar-refractivity contribution in [3.63, 3.8) is 0 Å². The molecule has 44 heavy (non-hydrogen) atoms. The van der Waals surface area contributed by atoms with Gasteiger partial charge in [0.2, 0.25) is 0 Å². The third kappa shape index (κ3) is 8.67. The van der Waals surface area contributed by atoms with Gasteiger partial charge in [-0.15, -0.1) is 0 Å². The molecule has 1 aromatic rings. The number of benzene rings is 1. The van der Waals surface area contributed by atoms with Crippen molar-refractivity contribution in [1.29, 1.82) is 0 Å².